The average molecular weight is 448 g/mol. The molecule has 1 aromatic carbocycles. The van der Waals surface area contributed by atoms with E-state index in [4.69, 9.17) is 0 Å². The fourth-order valence-corrected chi connectivity index (χ4v) is 6.26. The number of fused-ring (bicyclic) bond motifs is 2. The first-order valence-corrected chi connectivity index (χ1v) is 12.6. The first kappa shape index (κ1) is 21.0. The highest BCUT2D eigenvalue weighted by molar-refractivity contribution is 5.79. The van der Waals surface area contributed by atoms with Crippen LogP contribution in [0.5, 0.6) is 0 Å². The van der Waals surface area contributed by atoms with E-state index in [0.29, 0.717) is 12.1 Å². The van der Waals surface area contributed by atoms with Crippen LogP contribution in [-0.2, 0) is 0 Å². The predicted molar refractivity (Wildman–Crippen MR) is 127 cm³/mol. The van der Waals surface area contributed by atoms with Crippen molar-refractivity contribution in [2.24, 2.45) is 0 Å². The number of hydrogen-bond donors (Lipinski definition) is 1. The standard InChI is InChI=1S/C25H33N7O/c1-17-9-10-22-18(14-17)15-21(25(33)26-22)23(31-13-12-30-11-5-8-20(30)16-31)24-27-28-29-32(24)19-6-3-2-4-7-19/h9-10,14-15,19-20,23H,2-8,11-13,16H2,1H3,(H,26,33)/t20-,23-/m0/s1. The Morgan fingerprint density at radius 2 is 1.85 bits per heavy atom. The zero-order valence-electron chi connectivity index (χ0n) is 19.4. The van der Waals surface area contributed by atoms with E-state index in [1.54, 1.807) is 0 Å². The highest BCUT2D eigenvalue weighted by atomic mass is 16.1. The first-order chi connectivity index (χ1) is 16.2. The van der Waals surface area contributed by atoms with Gasteiger partial charge < -0.3 is 4.98 Å². The van der Waals surface area contributed by atoms with Gasteiger partial charge >= 0.3 is 0 Å². The smallest absolute Gasteiger partial charge is 0.253 e. The fourth-order valence-electron chi connectivity index (χ4n) is 6.26. The minimum Gasteiger partial charge on any atom is -0.322 e. The molecule has 33 heavy (non-hydrogen) atoms. The molecule has 2 atom stereocenters. The molecule has 3 aromatic rings. The summed E-state index contributed by atoms with van der Waals surface area (Å²) in [6, 6.07) is 8.89. The van der Waals surface area contributed by atoms with Crippen molar-refractivity contribution < 1.29 is 0 Å². The summed E-state index contributed by atoms with van der Waals surface area (Å²) in [5.41, 5.74) is 2.78. The van der Waals surface area contributed by atoms with Gasteiger partial charge in [0.2, 0.25) is 0 Å². The number of nitrogens with one attached hydrogen (secondary N) is 1. The molecule has 1 saturated carbocycles. The summed E-state index contributed by atoms with van der Waals surface area (Å²) < 4.78 is 2.05. The van der Waals surface area contributed by atoms with Crippen molar-refractivity contribution in [1.29, 1.82) is 0 Å². The summed E-state index contributed by atoms with van der Waals surface area (Å²) in [6.45, 7) is 6.19. The van der Waals surface area contributed by atoms with Gasteiger partial charge in [0.1, 0.15) is 6.04 Å². The highest BCUT2D eigenvalue weighted by Crippen LogP contribution is 2.35. The number of tetrazole rings is 1. The number of nitrogens with zero attached hydrogens (tertiary/aromatic N) is 6. The van der Waals surface area contributed by atoms with Gasteiger partial charge in [-0.25, -0.2) is 4.68 Å². The Labute approximate surface area is 194 Å². The normalized spacial score (nSPS) is 23.7. The summed E-state index contributed by atoms with van der Waals surface area (Å²) >= 11 is 0. The van der Waals surface area contributed by atoms with Gasteiger partial charge in [0.25, 0.3) is 5.56 Å². The molecule has 2 aromatic heterocycles. The van der Waals surface area contributed by atoms with Gasteiger partial charge in [-0.05, 0) is 73.2 Å². The predicted octanol–water partition coefficient (Wildman–Crippen LogP) is 3.20. The third-order valence-electron chi connectivity index (χ3n) is 7.99. The fraction of sp³-hybridized carbons (Fsp3) is 0.600. The lowest BCUT2D eigenvalue weighted by Crippen LogP contribution is -2.52. The number of rotatable bonds is 4. The number of hydrogen-bond acceptors (Lipinski definition) is 6. The molecule has 174 valence electrons. The van der Waals surface area contributed by atoms with Crippen LogP contribution in [-0.4, -0.2) is 67.2 Å². The topological polar surface area (TPSA) is 82.9 Å². The second-order valence-corrected chi connectivity index (χ2v) is 10.1. The van der Waals surface area contributed by atoms with E-state index >= 15 is 0 Å². The van der Waals surface area contributed by atoms with Gasteiger partial charge in [0.15, 0.2) is 5.82 Å². The number of aromatic nitrogens is 5. The Hall–Kier alpha value is -2.58. The maximum Gasteiger partial charge on any atom is 0.253 e. The van der Waals surface area contributed by atoms with E-state index in [0.717, 1.165) is 54.8 Å². The average Bonchev–Trinajstić information content (AvgIpc) is 3.50. The summed E-state index contributed by atoms with van der Waals surface area (Å²) in [6.07, 6.45) is 8.41. The lowest BCUT2D eigenvalue weighted by atomic mass is 9.94. The Morgan fingerprint density at radius 3 is 2.73 bits per heavy atom. The van der Waals surface area contributed by atoms with Crippen LogP contribution in [0, 0.1) is 6.92 Å². The summed E-state index contributed by atoms with van der Waals surface area (Å²) in [7, 11) is 0. The van der Waals surface area contributed by atoms with E-state index in [1.807, 2.05) is 16.8 Å². The molecule has 8 nitrogen and oxygen atoms in total. The van der Waals surface area contributed by atoms with Crippen LogP contribution < -0.4 is 5.56 Å². The third-order valence-corrected chi connectivity index (χ3v) is 7.99. The van der Waals surface area contributed by atoms with Crippen molar-refractivity contribution in [3.05, 3.63) is 51.6 Å². The Balaban J connectivity index is 1.46. The highest BCUT2D eigenvalue weighted by Gasteiger charge is 2.38. The van der Waals surface area contributed by atoms with Crippen molar-refractivity contribution in [2.75, 3.05) is 26.2 Å². The van der Waals surface area contributed by atoms with E-state index in [9.17, 15) is 4.79 Å². The molecule has 2 aliphatic heterocycles. The number of H-pyrrole nitrogens is 1. The molecular weight excluding hydrogens is 414 g/mol. The van der Waals surface area contributed by atoms with E-state index in [-0.39, 0.29) is 11.6 Å². The molecule has 0 amide bonds. The molecule has 1 N–H and O–H groups in total. The number of aryl methyl sites for hydroxylation is 1. The lowest BCUT2D eigenvalue weighted by molar-refractivity contribution is 0.0778. The van der Waals surface area contributed by atoms with E-state index in [1.165, 1.54) is 44.2 Å². The molecule has 0 bridgehead atoms. The SMILES string of the molecule is Cc1ccc2[nH]c(=O)c([C@@H](c3nnnn3C3CCCCC3)N3CCN4CCC[C@H]4C3)cc2c1. The van der Waals surface area contributed by atoms with Crippen LogP contribution in [0.25, 0.3) is 10.9 Å². The second kappa shape index (κ2) is 8.65. The zero-order valence-corrected chi connectivity index (χ0v) is 19.4. The second-order valence-electron chi connectivity index (χ2n) is 10.1. The molecule has 0 unspecified atom stereocenters. The minimum absolute atomic E-state index is 0.0385. The maximum absolute atomic E-state index is 13.4. The number of pyridine rings is 1. The molecule has 8 heteroatoms. The zero-order chi connectivity index (χ0) is 22.4. The van der Waals surface area contributed by atoms with Crippen molar-refractivity contribution >= 4 is 10.9 Å². The monoisotopic (exact) mass is 447 g/mol. The van der Waals surface area contributed by atoms with Gasteiger partial charge in [0, 0.05) is 36.8 Å². The van der Waals surface area contributed by atoms with Gasteiger partial charge in [-0.1, -0.05) is 30.9 Å². The molecule has 0 radical (unpaired) electrons. The third kappa shape index (κ3) is 3.89. The minimum atomic E-state index is -0.238. The van der Waals surface area contributed by atoms with Crippen LogP contribution in [0.4, 0.5) is 0 Å². The van der Waals surface area contributed by atoms with E-state index in [2.05, 4.69) is 49.4 Å². The molecule has 2 saturated heterocycles. The van der Waals surface area contributed by atoms with Crippen LogP contribution in [0.2, 0.25) is 0 Å². The summed E-state index contributed by atoms with van der Waals surface area (Å²) in [4.78, 5) is 21.6. The van der Waals surface area contributed by atoms with Crippen LogP contribution in [0.15, 0.2) is 29.1 Å². The van der Waals surface area contributed by atoms with Crippen molar-refractivity contribution in [2.45, 2.75) is 70.0 Å². The van der Waals surface area contributed by atoms with Crippen molar-refractivity contribution in [3.8, 4) is 0 Å². The largest absolute Gasteiger partial charge is 0.322 e. The number of benzene rings is 1. The number of piperazine rings is 1. The Bertz CT molecular complexity index is 1190. The van der Waals surface area contributed by atoms with Gasteiger partial charge in [-0.3, -0.25) is 14.6 Å². The van der Waals surface area contributed by atoms with Crippen molar-refractivity contribution in [1.82, 2.24) is 35.0 Å². The quantitative estimate of drug-likeness (QED) is 0.661. The van der Waals surface area contributed by atoms with Gasteiger partial charge in [-0.15, -0.1) is 5.10 Å². The van der Waals surface area contributed by atoms with E-state index < -0.39 is 0 Å². The van der Waals surface area contributed by atoms with Crippen molar-refractivity contribution in [3.63, 3.8) is 0 Å². The molecule has 3 fully saturated rings. The summed E-state index contributed by atoms with van der Waals surface area (Å²) in [5.74, 6) is 0.825. The van der Waals surface area contributed by atoms with Crippen LogP contribution in [0.3, 0.4) is 0 Å². The molecule has 1 aliphatic carbocycles. The van der Waals surface area contributed by atoms with Crippen LogP contribution >= 0.6 is 0 Å². The lowest BCUT2D eigenvalue weighted by Gasteiger charge is -2.41. The molecular formula is C25H33N7O. The van der Waals surface area contributed by atoms with Crippen LogP contribution in [0.1, 0.15) is 74.0 Å². The van der Waals surface area contributed by atoms with Gasteiger partial charge in [0.05, 0.1) is 6.04 Å². The van der Waals surface area contributed by atoms with Gasteiger partial charge in [-0.2, -0.15) is 0 Å². The molecule has 3 aliphatic rings. The first-order valence-electron chi connectivity index (χ1n) is 12.6. The molecule has 0 spiro atoms. The Kier molecular flexibility index (Phi) is 5.50. The Morgan fingerprint density at radius 1 is 1.00 bits per heavy atom. The summed E-state index contributed by atoms with van der Waals surface area (Å²) in [5, 5.41) is 14.2. The maximum atomic E-state index is 13.4. The molecule has 4 heterocycles. The number of aromatic amines is 1. The molecule has 6 rings (SSSR count).